The Bertz CT molecular complexity index is 560. The molecule has 1 heterocycles. The standard InChI is InChI=1S/C12H7Cl2NOS/c13-9-2-1-5-15-12(9)17-11-4-3-8(7-16)6-10(11)14/h1-7H. The van der Waals surface area contributed by atoms with Gasteiger partial charge < -0.3 is 0 Å². The molecule has 17 heavy (non-hydrogen) atoms. The first-order valence-electron chi connectivity index (χ1n) is 4.74. The minimum atomic E-state index is 0.515. The molecule has 0 aliphatic heterocycles. The number of pyridine rings is 1. The summed E-state index contributed by atoms with van der Waals surface area (Å²) >= 11 is 13.4. The first kappa shape index (κ1) is 12.4. The Labute approximate surface area is 113 Å². The van der Waals surface area contributed by atoms with Gasteiger partial charge >= 0.3 is 0 Å². The Morgan fingerprint density at radius 1 is 1.18 bits per heavy atom. The second-order valence-corrected chi connectivity index (χ2v) is 5.05. The molecule has 0 bridgehead atoms. The number of nitrogens with zero attached hydrogens (tertiary/aromatic N) is 1. The lowest BCUT2D eigenvalue weighted by atomic mass is 10.2. The maximum Gasteiger partial charge on any atom is 0.150 e. The molecule has 0 atom stereocenters. The largest absolute Gasteiger partial charge is 0.298 e. The molecular formula is C12H7Cl2NOS. The highest BCUT2D eigenvalue weighted by Gasteiger charge is 2.07. The molecule has 0 aliphatic carbocycles. The van der Waals surface area contributed by atoms with E-state index >= 15 is 0 Å². The van der Waals surface area contributed by atoms with Gasteiger partial charge in [-0.1, -0.05) is 41.0 Å². The van der Waals surface area contributed by atoms with E-state index in [0.29, 0.717) is 20.6 Å². The molecule has 2 aromatic rings. The van der Waals surface area contributed by atoms with Crippen molar-refractivity contribution in [2.24, 2.45) is 0 Å². The van der Waals surface area contributed by atoms with Gasteiger partial charge in [0.25, 0.3) is 0 Å². The summed E-state index contributed by atoms with van der Waals surface area (Å²) in [4.78, 5) is 15.6. The Morgan fingerprint density at radius 3 is 2.65 bits per heavy atom. The zero-order valence-electron chi connectivity index (χ0n) is 8.56. The van der Waals surface area contributed by atoms with Crippen LogP contribution >= 0.6 is 35.0 Å². The zero-order chi connectivity index (χ0) is 12.3. The second-order valence-electron chi connectivity index (χ2n) is 3.20. The second kappa shape index (κ2) is 5.54. The van der Waals surface area contributed by atoms with Gasteiger partial charge in [-0.25, -0.2) is 4.98 Å². The summed E-state index contributed by atoms with van der Waals surface area (Å²) in [6.07, 6.45) is 2.43. The molecule has 0 spiro atoms. The molecule has 0 aliphatic rings. The maximum atomic E-state index is 10.6. The zero-order valence-corrected chi connectivity index (χ0v) is 10.9. The smallest absolute Gasteiger partial charge is 0.150 e. The predicted octanol–water partition coefficient (Wildman–Crippen LogP) is 4.35. The minimum absolute atomic E-state index is 0.515. The van der Waals surface area contributed by atoms with Gasteiger partial charge in [0, 0.05) is 16.7 Å². The van der Waals surface area contributed by atoms with E-state index < -0.39 is 0 Å². The fraction of sp³-hybridized carbons (Fsp3) is 0. The Balaban J connectivity index is 2.31. The summed E-state index contributed by atoms with van der Waals surface area (Å²) in [5.74, 6) is 0. The third-order valence-electron chi connectivity index (χ3n) is 2.02. The van der Waals surface area contributed by atoms with Crippen LogP contribution in [-0.4, -0.2) is 11.3 Å². The van der Waals surface area contributed by atoms with Crippen LogP contribution in [0.3, 0.4) is 0 Å². The Morgan fingerprint density at radius 2 is 2.00 bits per heavy atom. The van der Waals surface area contributed by atoms with E-state index in [0.717, 1.165) is 11.2 Å². The predicted molar refractivity (Wildman–Crippen MR) is 70.2 cm³/mol. The van der Waals surface area contributed by atoms with E-state index in [1.165, 1.54) is 11.8 Å². The van der Waals surface area contributed by atoms with Gasteiger partial charge in [-0.3, -0.25) is 4.79 Å². The normalized spacial score (nSPS) is 10.2. The molecule has 0 amide bonds. The maximum absolute atomic E-state index is 10.6. The number of aldehydes is 1. The SMILES string of the molecule is O=Cc1ccc(Sc2ncccc2Cl)c(Cl)c1. The van der Waals surface area contributed by atoms with Crippen LogP contribution in [0, 0.1) is 0 Å². The van der Waals surface area contributed by atoms with Crippen molar-refractivity contribution in [2.45, 2.75) is 9.92 Å². The van der Waals surface area contributed by atoms with E-state index in [1.54, 1.807) is 36.5 Å². The number of benzene rings is 1. The number of hydrogen-bond acceptors (Lipinski definition) is 3. The molecule has 0 saturated heterocycles. The van der Waals surface area contributed by atoms with Crippen molar-refractivity contribution in [2.75, 3.05) is 0 Å². The number of hydrogen-bond donors (Lipinski definition) is 0. The molecule has 0 saturated carbocycles. The van der Waals surface area contributed by atoms with Gasteiger partial charge in [0.2, 0.25) is 0 Å². The van der Waals surface area contributed by atoms with Crippen molar-refractivity contribution < 1.29 is 4.79 Å². The summed E-state index contributed by atoms with van der Waals surface area (Å²) in [5.41, 5.74) is 0.548. The number of aromatic nitrogens is 1. The van der Waals surface area contributed by atoms with Crippen molar-refractivity contribution >= 4 is 41.2 Å². The van der Waals surface area contributed by atoms with Crippen LogP contribution in [0.15, 0.2) is 46.5 Å². The molecule has 0 fully saturated rings. The molecule has 1 aromatic heterocycles. The van der Waals surface area contributed by atoms with E-state index in [2.05, 4.69) is 4.98 Å². The van der Waals surface area contributed by atoms with Crippen LogP contribution in [0.5, 0.6) is 0 Å². The highest BCUT2D eigenvalue weighted by Crippen LogP contribution is 2.35. The van der Waals surface area contributed by atoms with Crippen LogP contribution < -0.4 is 0 Å². The molecular weight excluding hydrogens is 277 g/mol. The van der Waals surface area contributed by atoms with E-state index in [4.69, 9.17) is 23.2 Å². The van der Waals surface area contributed by atoms with Gasteiger partial charge in [-0.05, 0) is 24.3 Å². The molecule has 0 radical (unpaired) electrons. The van der Waals surface area contributed by atoms with Crippen molar-refractivity contribution in [3.05, 3.63) is 52.1 Å². The third-order valence-corrected chi connectivity index (χ3v) is 3.96. The lowest BCUT2D eigenvalue weighted by Crippen LogP contribution is -1.84. The van der Waals surface area contributed by atoms with E-state index in [-0.39, 0.29) is 0 Å². The molecule has 1 aromatic carbocycles. The van der Waals surface area contributed by atoms with Crippen LogP contribution in [-0.2, 0) is 0 Å². The highest BCUT2D eigenvalue weighted by atomic mass is 35.5. The molecule has 0 unspecified atom stereocenters. The average molecular weight is 284 g/mol. The third kappa shape index (κ3) is 3.00. The van der Waals surface area contributed by atoms with Crippen LogP contribution in [0.2, 0.25) is 10.0 Å². The van der Waals surface area contributed by atoms with Crippen molar-refractivity contribution in [1.82, 2.24) is 4.98 Å². The molecule has 86 valence electrons. The van der Waals surface area contributed by atoms with Crippen molar-refractivity contribution in [3.8, 4) is 0 Å². The fourth-order valence-electron chi connectivity index (χ4n) is 1.22. The van der Waals surface area contributed by atoms with Gasteiger partial charge in [0.1, 0.15) is 11.3 Å². The summed E-state index contributed by atoms with van der Waals surface area (Å²) in [6, 6.07) is 8.64. The molecule has 2 rings (SSSR count). The number of carbonyl (C=O) groups excluding carboxylic acids is 1. The van der Waals surface area contributed by atoms with Crippen molar-refractivity contribution in [3.63, 3.8) is 0 Å². The summed E-state index contributed by atoms with van der Waals surface area (Å²) < 4.78 is 0. The number of halogens is 2. The average Bonchev–Trinajstić information content (AvgIpc) is 2.34. The molecule has 2 nitrogen and oxygen atoms in total. The Kier molecular flexibility index (Phi) is 4.05. The lowest BCUT2D eigenvalue weighted by Gasteiger charge is -2.05. The molecule has 0 N–H and O–H groups in total. The van der Waals surface area contributed by atoms with Gasteiger partial charge in [0.15, 0.2) is 0 Å². The summed E-state index contributed by atoms with van der Waals surface area (Å²) in [7, 11) is 0. The first-order valence-corrected chi connectivity index (χ1v) is 6.31. The Hall–Kier alpha value is -1.03. The molecule has 5 heteroatoms. The van der Waals surface area contributed by atoms with Gasteiger partial charge in [-0.15, -0.1) is 0 Å². The van der Waals surface area contributed by atoms with E-state index in [9.17, 15) is 4.79 Å². The number of carbonyl (C=O) groups is 1. The van der Waals surface area contributed by atoms with Gasteiger partial charge in [0.05, 0.1) is 10.0 Å². The van der Waals surface area contributed by atoms with Crippen molar-refractivity contribution in [1.29, 1.82) is 0 Å². The summed E-state index contributed by atoms with van der Waals surface area (Å²) in [5, 5.41) is 1.78. The van der Waals surface area contributed by atoms with Crippen LogP contribution in [0.25, 0.3) is 0 Å². The minimum Gasteiger partial charge on any atom is -0.298 e. The van der Waals surface area contributed by atoms with Crippen LogP contribution in [0.1, 0.15) is 10.4 Å². The topological polar surface area (TPSA) is 30.0 Å². The first-order chi connectivity index (χ1) is 8.20. The van der Waals surface area contributed by atoms with E-state index in [1.807, 2.05) is 0 Å². The number of rotatable bonds is 3. The summed E-state index contributed by atoms with van der Waals surface area (Å²) in [6.45, 7) is 0. The quantitative estimate of drug-likeness (QED) is 0.785. The highest BCUT2D eigenvalue weighted by molar-refractivity contribution is 7.99. The van der Waals surface area contributed by atoms with Gasteiger partial charge in [-0.2, -0.15) is 0 Å². The monoisotopic (exact) mass is 283 g/mol. The van der Waals surface area contributed by atoms with Crippen LogP contribution in [0.4, 0.5) is 0 Å². The lowest BCUT2D eigenvalue weighted by molar-refractivity contribution is 0.112. The fourth-order valence-corrected chi connectivity index (χ4v) is 2.55.